The van der Waals surface area contributed by atoms with E-state index in [1.807, 2.05) is 61.0 Å². The van der Waals surface area contributed by atoms with Crippen LogP contribution in [0.3, 0.4) is 0 Å². The molecule has 156 valence electrons. The Kier molecular flexibility index (Phi) is 6.06. The molecule has 1 aromatic heterocycles. The molecule has 0 atom stereocenters. The number of nitrogens with one attached hydrogen (secondary N) is 1. The van der Waals surface area contributed by atoms with E-state index >= 15 is 0 Å². The largest absolute Gasteiger partial charge is 0.339 e. The third-order valence-electron chi connectivity index (χ3n) is 5.24. The fourth-order valence-corrected chi connectivity index (χ4v) is 4.10. The van der Waals surface area contributed by atoms with Gasteiger partial charge in [0.25, 0.3) is 0 Å². The fraction of sp³-hybridized carbons (Fsp3) is 0.304. The maximum atomic E-state index is 12.5. The molecular weight excluding hydrogens is 398 g/mol. The van der Waals surface area contributed by atoms with Crippen molar-refractivity contribution in [2.75, 3.05) is 42.9 Å². The standard InChI is InChI=1S/C23H26ClN5O/c1-17-12-18(2)14-20(13-17)26-22(30)16-27-8-10-28(11-9-27)23-25-6-7-29(23)21-5-3-4-19(24)15-21/h3-7,12-15H,8-11,16H2,1-2H3,(H,26,30). The quantitative estimate of drug-likeness (QED) is 0.676. The summed E-state index contributed by atoms with van der Waals surface area (Å²) in [5.74, 6) is 0.922. The van der Waals surface area contributed by atoms with Crippen molar-refractivity contribution in [3.63, 3.8) is 0 Å². The molecule has 1 amide bonds. The van der Waals surface area contributed by atoms with Crippen molar-refractivity contribution in [2.24, 2.45) is 0 Å². The first kappa shape index (κ1) is 20.4. The third-order valence-corrected chi connectivity index (χ3v) is 5.47. The van der Waals surface area contributed by atoms with Gasteiger partial charge in [-0.05, 0) is 55.3 Å². The number of carbonyl (C=O) groups excluding carboxylic acids is 1. The fourth-order valence-electron chi connectivity index (χ4n) is 3.91. The van der Waals surface area contributed by atoms with Crippen molar-refractivity contribution in [1.82, 2.24) is 14.5 Å². The lowest BCUT2D eigenvalue weighted by Gasteiger charge is -2.35. The molecule has 3 aromatic rings. The van der Waals surface area contributed by atoms with Gasteiger partial charge in [0, 0.05) is 55.0 Å². The predicted molar refractivity (Wildman–Crippen MR) is 122 cm³/mol. The van der Waals surface area contributed by atoms with Crippen molar-refractivity contribution >= 4 is 29.1 Å². The number of rotatable bonds is 5. The van der Waals surface area contributed by atoms with Gasteiger partial charge in [0.15, 0.2) is 0 Å². The van der Waals surface area contributed by atoms with Crippen LogP contribution in [-0.2, 0) is 4.79 Å². The number of carbonyl (C=O) groups is 1. The SMILES string of the molecule is Cc1cc(C)cc(NC(=O)CN2CCN(c3nccn3-c3cccc(Cl)c3)CC2)c1. The van der Waals surface area contributed by atoms with Crippen molar-refractivity contribution in [3.8, 4) is 5.69 Å². The molecule has 30 heavy (non-hydrogen) atoms. The maximum Gasteiger partial charge on any atom is 0.238 e. The minimum absolute atomic E-state index is 0.0221. The van der Waals surface area contributed by atoms with E-state index in [1.54, 1.807) is 6.20 Å². The minimum atomic E-state index is 0.0221. The van der Waals surface area contributed by atoms with E-state index in [-0.39, 0.29) is 5.91 Å². The van der Waals surface area contributed by atoms with E-state index in [0.29, 0.717) is 11.6 Å². The summed E-state index contributed by atoms with van der Waals surface area (Å²) < 4.78 is 2.05. The summed E-state index contributed by atoms with van der Waals surface area (Å²) in [7, 11) is 0. The number of piperazine rings is 1. The Balaban J connectivity index is 1.34. The molecule has 0 spiro atoms. The van der Waals surface area contributed by atoms with Crippen LogP contribution in [0.1, 0.15) is 11.1 Å². The first-order chi connectivity index (χ1) is 14.5. The molecule has 0 aliphatic carbocycles. The molecule has 2 aromatic carbocycles. The lowest BCUT2D eigenvalue weighted by molar-refractivity contribution is -0.117. The van der Waals surface area contributed by atoms with Gasteiger partial charge >= 0.3 is 0 Å². The molecule has 4 rings (SSSR count). The summed E-state index contributed by atoms with van der Waals surface area (Å²) in [6, 6.07) is 13.8. The number of aromatic nitrogens is 2. The number of hydrogen-bond acceptors (Lipinski definition) is 4. The van der Waals surface area contributed by atoms with Gasteiger partial charge in [-0.2, -0.15) is 0 Å². The van der Waals surface area contributed by atoms with Crippen molar-refractivity contribution in [3.05, 3.63) is 71.0 Å². The topological polar surface area (TPSA) is 53.4 Å². The molecule has 1 saturated heterocycles. The summed E-state index contributed by atoms with van der Waals surface area (Å²) in [5.41, 5.74) is 4.15. The summed E-state index contributed by atoms with van der Waals surface area (Å²) in [6.07, 6.45) is 3.75. The van der Waals surface area contributed by atoms with Gasteiger partial charge in [0.1, 0.15) is 0 Å². The number of imidazole rings is 1. The van der Waals surface area contributed by atoms with E-state index in [1.165, 1.54) is 0 Å². The molecule has 0 saturated carbocycles. The normalized spacial score (nSPS) is 14.7. The zero-order valence-electron chi connectivity index (χ0n) is 17.3. The second-order valence-corrected chi connectivity index (χ2v) is 8.20. The Labute approximate surface area is 182 Å². The minimum Gasteiger partial charge on any atom is -0.339 e. The molecule has 0 bridgehead atoms. The van der Waals surface area contributed by atoms with Crippen LogP contribution < -0.4 is 10.2 Å². The highest BCUT2D eigenvalue weighted by atomic mass is 35.5. The zero-order valence-corrected chi connectivity index (χ0v) is 18.1. The Morgan fingerprint density at radius 3 is 2.50 bits per heavy atom. The molecule has 1 aliphatic heterocycles. The van der Waals surface area contributed by atoms with Crippen LogP contribution in [0.5, 0.6) is 0 Å². The Bertz CT molecular complexity index is 1020. The highest BCUT2D eigenvalue weighted by molar-refractivity contribution is 6.30. The maximum absolute atomic E-state index is 12.5. The van der Waals surface area contributed by atoms with Crippen molar-refractivity contribution in [2.45, 2.75) is 13.8 Å². The number of anilines is 2. The van der Waals surface area contributed by atoms with Crippen LogP contribution in [0, 0.1) is 13.8 Å². The molecule has 7 heteroatoms. The molecule has 6 nitrogen and oxygen atoms in total. The second-order valence-electron chi connectivity index (χ2n) is 7.76. The van der Waals surface area contributed by atoms with E-state index < -0.39 is 0 Å². The summed E-state index contributed by atoms with van der Waals surface area (Å²) in [6.45, 7) is 7.71. The molecule has 1 fully saturated rings. The van der Waals surface area contributed by atoms with Crippen LogP contribution in [0.15, 0.2) is 54.9 Å². The second kappa shape index (κ2) is 8.90. The first-order valence-corrected chi connectivity index (χ1v) is 10.5. The molecular formula is C23H26ClN5O. The summed E-state index contributed by atoms with van der Waals surface area (Å²) >= 11 is 6.15. The monoisotopic (exact) mass is 423 g/mol. The van der Waals surface area contributed by atoms with Crippen LogP contribution in [-0.4, -0.2) is 53.1 Å². The van der Waals surface area contributed by atoms with Gasteiger partial charge < -0.3 is 10.2 Å². The Hall–Kier alpha value is -2.83. The molecule has 1 aliphatic rings. The number of hydrogen-bond donors (Lipinski definition) is 1. The van der Waals surface area contributed by atoms with Crippen molar-refractivity contribution in [1.29, 1.82) is 0 Å². The van der Waals surface area contributed by atoms with Gasteiger partial charge in [0.2, 0.25) is 11.9 Å². The number of aryl methyl sites for hydroxylation is 2. The smallest absolute Gasteiger partial charge is 0.238 e. The Morgan fingerprint density at radius 1 is 1.07 bits per heavy atom. The summed E-state index contributed by atoms with van der Waals surface area (Å²) in [4.78, 5) is 21.5. The number of benzene rings is 2. The lowest BCUT2D eigenvalue weighted by atomic mass is 10.1. The van der Waals surface area contributed by atoms with E-state index in [0.717, 1.165) is 54.6 Å². The lowest BCUT2D eigenvalue weighted by Crippen LogP contribution is -2.49. The van der Waals surface area contributed by atoms with Crippen LogP contribution >= 0.6 is 11.6 Å². The molecule has 0 unspecified atom stereocenters. The first-order valence-electron chi connectivity index (χ1n) is 10.1. The van der Waals surface area contributed by atoms with Crippen LogP contribution in [0.25, 0.3) is 5.69 Å². The number of nitrogens with zero attached hydrogens (tertiary/aromatic N) is 4. The molecule has 0 radical (unpaired) electrons. The van der Waals surface area contributed by atoms with Crippen molar-refractivity contribution < 1.29 is 4.79 Å². The van der Waals surface area contributed by atoms with Gasteiger partial charge in [-0.25, -0.2) is 4.98 Å². The predicted octanol–water partition coefficient (Wildman–Crippen LogP) is 3.90. The average molecular weight is 424 g/mol. The van der Waals surface area contributed by atoms with Gasteiger partial charge in [-0.1, -0.05) is 23.7 Å². The Morgan fingerprint density at radius 2 is 1.80 bits per heavy atom. The molecule has 1 N–H and O–H groups in total. The van der Waals surface area contributed by atoms with Gasteiger partial charge in [0.05, 0.1) is 6.54 Å². The highest BCUT2D eigenvalue weighted by Crippen LogP contribution is 2.22. The van der Waals surface area contributed by atoms with Crippen LogP contribution in [0.2, 0.25) is 5.02 Å². The van der Waals surface area contributed by atoms with Gasteiger partial charge in [-0.3, -0.25) is 14.3 Å². The molecule has 2 heterocycles. The highest BCUT2D eigenvalue weighted by Gasteiger charge is 2.22. The average Bonchev–Trinajstić information content (AvgIpc) is 3.17. The van der Waals surface area contributed by atoms with Gasteiger partial charge in [-0.15, -0.1) is 0 Å². The van der Waals surface area contributed by atoms with E-state index in [2.05, 4.69) is 26.2 Å². The summed E-state index contributed by atoms with van der Waals surface area (Å²) in [5, 5.41) is 3.72. The van der Waals surface area contributed by atoms with Crippen LogP contribution in [0.4, 0.5) is 11.6 Å². The number of halogens is 1. The third kappa shape index (κ3) is 4.83. The zero-order chi connectivity index (χ0) is 21.1. The number of amides is 1. The van der Waals surface area contributed by atoms with E-state index in [9.17, 15) is 4.79 Å². The van der Waals surface area contributed by atoms with E-state index in [4.69, 9.17) is 11.6 Å².